The number of likely N-dealkylation sites (tertiary alicyclic amines) is 1. The number of hydrogen-bond donors (Lipinski definition) is 1. The maximum Gasteiger partial charge on any atom is 0.219 e. The third-order valence-electron chi connectivity index (χ3n) is 4.72. The molecule has 3 rings (SSSR count). The van der Waals surface area contributed by atoms with Crippen LogP contribution in [0.3, 0.4) is 0 Å². The van der Waals surface area contributed by atoms with Crippen molar-refractivity contribution >= 4 is 5.91 Å². The molecule has 1 aliphatic heterocycles. The van der Waals surface area contributed by atoms with Crippen LogP contribution >= 0.6 is 0 Å². The van der Waals surface area contributed by atoms with Gasteiger partial charge in [0.15, 0.2) is 0 Å². The second kappa shape index (κ2) is 5.30. The fourth-order valence-corrected chi connectivity index (χ4v) is 3.58. The minimum absolute atomic E-state index is 0.184. The van der Waals surface area contributed by atoms with Crippen molar-refractivity contribution in [2.45, 2.75) is 45.8 Å². The van der Waals surface area contributed by atoms with Crippen LogP contribution in [0, 0.1) is 12.3 Å². The van der Waals surface area contributed by atoms with E-state index < -0.39 is 0 Å². The van der Waals surface area contributed by atoms with Gasteiger partial charge in [-0.3, -0.25) is 4.79 Å². The number of ether oxygens (including phenoxy) is 1. The number of aryl methyl sites for hydroxylation is 1. The van der Waals surface area contributed by atoms with Crippen molar-refractivity contribution < 1.29 is 9.53 Å². The smallest absolute Gasteiger partial charge is 0.219 e. The van der Waals surface area contributed by atoms with Gasteiger partial charge in [-0.15, -0.1) is 0 Å². The number of aromatic nitrogens is 1. The molecule has 2 heterocycles. The van der Waals surface area contributed by atoms with E-state index in [0.717, 1.165) is 43.6 Å². The highest BCUT2D eigenvalue weighted by molar-refractivity contribution is 5.73. The second-order valence-corrected chi connectivity index (χ2v) is 6.50. The van der Waals surface area contributed by atoms with Gasteiger partial charge >= 0.3 is 0 Å². The topological polar surface area (TPSA) is 68.5 Å². The van der Waals surface area contributed by atoms with E-state index in [1.54, 1.807) is 6.92 Å². The van der Waals surface area contributed by atoms with Crippen LogP contribution in [0.4, 0.5) is 0 Å². The fourth-order valence-electron chi connectivity index (χ4n) is 3.58. The maximum absolute atomic E-state index is 11.4. The number of carbonyl (C=O) groups is 1. The lowest BCUT2D eigenvalue weighted by atomic mass is 9.66. The van der Waals surface area contributed by atoms with Gasteiger partial charge in [0.25, 0.3) is 0 Å². The molecule has 0 radical (unpaired) electrons. The zero-order valence-corrected chi connectivity index (χ0v) is 12.8. The lowest BCUT2D eigenvalue weighted by Crippen LogP contribution is -2.46. The number of nitrogens with zero attached hydrogens (tertiary/aromatic N) is 2. The predicted octanol–water partition coefficient (Wildman–Crippen LogP) is 1.63. The molecule has 1 spiro atoms. The van der Waals surface area contributed by atoms with E-state index in [9.17, 15) is 4.79 Å². The van der Waals surface area contributed by atoms with E-state index in [4.69, 9.17) is 10.5 Å². The first-order valence-electron chi connectivity index (χ1n) is 7.59. The molecule has 5 nitrogen and oxygen atoms in total. The first-order chi connectivity index (χ1) is 9.99. The Morgan fingerprint density at radius 1 is 1.52 bits per heavy atom. The Kier molecular flexibility index (Phi) is 3.61. The summed E-state index contributed by atoms with van der Waals surface area (Å²) in [6.45, 7) is 5.88. The summed E-state index contributed by atoms with van der Waals surface area (Å²) in [6, 6.07) is 3.91. The van der Waals surface area contributed by atoms with Crippen LogP contribution in [0.15, 0.2) is 12.1 Å². The highest BCUT2D eigenvalue weighted by atomic mass is 16.5. The number of hydrogen-bond acceptors (Lipinski definition) is 4. The zero-order chi connectivity index (χ0) is 15.0. The Hall–Kier alpha value is -1.62. The molecule has 1 saturated heterocycles. The van der Waals surface area contributed by atoms with E-state index in [1.807, 2.05) is 24.0 Å². The molecule has 0 aromatic carbocycles. The van der Waals surface area contributed by atoms with Gasteiger partial charge in [-0.1, -0.05) is 0 Å². The van der Waals surface area contributed by atoms with Crippen LogP contribution < -0.4 is 10.5 Å². The Labute approximate surface area is 125 Å². The summed E-state index contributed by atoms with van der Waals surface area (Å²) < 4.78 is 5.99. The average molecular weight is 289 g/mol. The highest BCUT2D eigenvalue weighted by Gasteiger charge is 2.50. The molecule has 1 amide bonds. The number of rotatable bonds is 3. The molecule has 21 heavy (non-hydrogen) atoms. The lowest BCUT2D eigenvalue weighted by molar-refractivity contribution is -0.129. The van der Waals surface area contributed by atoms with Gasteiger partial charge in [-0.2, -0.15) is 0 Å². The first kappa shape index (κ1) is 14.3. The third kappa shape index (κ3) is 2.88. The lowest BCUT2D eigenvalue weighted by Gasteiger charge is -2.44. The molecule has 0 bridgehead atoms. The Morgan fingerprint density at radius 2 is 2.29 bits per heavy atom. The van der Waals surface area contributed by atoms with Gasteiger partial charge in [0, 0.05) is 38.3 Å². The van der Waals surface area contributed by atoms with Crippen molar-refractivity contribution in [3.05, 3.63) is 23.4 Å². The number of amides is 1. The largest absolute Gasteiger partial charge is 0.474 e. The molecule has 2 N–H and O–H groups in total. The van der Waals surface area contributed by atoms with Crippen molar-refractivity contribution in [1.29, 1.82) is 0 Å². The van der Waals surface area contributed by atoms with Gasteiger partial charge in [0.05, 0.1) is 0 Å². The highest BCUT2D eigenvalue weighted by Crippen LogP contribution is 2.49. The van der Waals surface area contributed by atoms with E-state index in [2.05, 4.69) is 4.98 Å². The molecule has 1 aromatic rings. The van der Waals surface area contributed by atoms with Gasteiger partial charge in [-0.05, 0) is 43.2 Å². The summed E-state index contributed by atoms with van der Waals surface area (Å²) in [6.07, 6.45) is 3.35. The monoisotopic (exact) mass is 289 g/mol. The molecular weight excluding hydrogens is 266 g/mol. The summed E-state index contributed by atoms with van der Waals surface area (Å²) in [4.78, 5) is 17.8. The van der Waals surface area contributed by atoms with Crippen LogP contribution in [0.5, 0.6) is 5.88 Å². The number of nitrogens with two attached hydrogens (primary N) is 1. The molecule has 1 aliphatic carbocycles. The minimum Gasteiger partial charge on any atom is -0.474 e. The quantitative estimate of drug-likeness (QED) is 0.918. The van der Waals surface area contributed by atoms with E-state index in [-0.39, 0.29) is 17.4 Å². The van der Waals surface area contributed by atoms with Gasteiger partial charge in [0.2, 0.25) is 11.8 Å². The molecule has 0 unspecified atom stereocenters. The van der Waals surface area contributed by atoms with Crippen molar-refractivity contribution in [3.8, 4) is 5.88 Å². The normalized spacial score (nSPS) is 27.8. The zero-order valence-electron chi connectivity index (χ0n) is 12.8. The van der Waals surface area contributed by atoms with Gasteiger partial charge in [0.1, 0.15) is 6.10 Å². The molecule has 0 atom stereocenters. The van der Waals surface area contributed by atoms with Crippen LogP contribution in [0.25, 0.3) is 0 Å². The average Bonchev–Trinajstić information content (AvgIpc) is 2.83. The summed E-state index contributed by atoms with van der Waals surface area (Å²) in [5.41, 5.74) is 7.96. The molecule has 2 aliphatic rings. The third-order valence-corrected chi connectivity index (χ3v) is 4.72. The van der Waals surface area contributed by atoms with E-state index >= 15 is 0 Å². The van der Waals surface area contributed by atoms with E-state index in [0.29, 0.717) is 12.4 Å². The molecule has 2 fully saturated rings. The van der Waals surface area contributed by atoms with Gasteiger partial charge < -0.3 is 15.4 Å². The molecular formula is C16H23N3O2. The van der Waals surface area contributed by atoms with Crippen LogP contribution in [-0.2, 0) is 11.3 Å². The molecule has 5 heteroatoms. The molecule has 114 valence electrons. The van der Waals surface area contributed by atoms with Crippen molar-refractivity contribution in [1.82, 2.24) is 9.88 Å². The van der Waals surface area contributed by atoms with Crippen molar-refractivity contribution in [3.63, 3.8) is 0 Å². The molecule has 1 aromatic heterocycles. The summed E-state index contributed by atoms with van der Waals surface area (Å²) >= 11 is 0. The standard InChI is InChI=1S/C16H23N3O2/c1-11-5-13(9-17)6-15(18-11)21-14-7-16(8-14)3-4-19(10-16)12(2)20/h5-6,14H,3-4,7-10,17H2,1-2H3. The SMILES string of the molecule is CC(=O)N1CCC2(CC(Oc3cc(CN)cc(C)n3)C2)C1. The molecule has 1 saturated carbocycles. The fraction of sp³-hybridized carbons (Fsp3) is 0.625. The Bertz CT molecular complexity index is 552. The van der Waals surface area contributed by atoms with Crippen molar-refractivity contribution in [2.24, 2.45) is 11.1 Å². The summed E-state index contributed by atoms with van der Waals surface area (Å²) in [5, 5.41) is 0. The summed E-state index contributed by atoms with van der Waals surface area (Å²) in [7, 11) is 0. The maximum atomic E-state index is 11.4. The first-order valence-corrected chi connectivity index (χ1v) is 7.59. The Balaban J connectivity index is 1.58. The van der Waals surface area contributed by atoms with E-state index in [1.165, 1.54) is 0 Å². The van der Waals surface area contributed by atoms with Gasteiger partial charge in [-0.25, -0.2) is 4.98 Å². The summed E-state index contributed by atoms with van der Waals surface area (Å²) in [5.74, 6) is 0.862. The van der Waals surface area contributed by atoms with Crippen LogP contribution in [0.2, 0.25) is 0 Å². The van der Waals surface area contributed by atoms with Crippen LogP contribution in [0.1, 0.15) is 37.4 Å². The van der Waals surface area contributed by atoms with Crippen LogP contribution in [-0.4, -0.2) is 35.0 Å². The predicted molar refractivity (Wildman–Crippen MR) is 79.8 cm³/mol. The number of pyridine rings is 1. The minimum atomic E-state index is 0.184. The Morgan fingerprint density at radius 3 is 2.90 bits per heavy atom. The second-order valence-electron chi connectivity index (χ2n) is 6.50. The number of carbonyl (C=O) groups excluding carboxylic acids is 1. The van der Waals surface area contributed by atoms with Crippen molar-refractivity contribution in [2.75, 3.05) is 13.1 Å².